The Labute approximate surface area is 99.4 Å². The zero-order valence-corrected chi connectivity index (χ0v) is 9.51. The fraction of sp³-hybridized carbons (Fsp3) is 0.143. The molecule has 86 valence electrons. The fourth-order valence-corrected chi connectivity index (χ4v) is 1.85. The van der Waals surface area contributed by atoms with Gasteiger partial charge in [0.05, 0.1) is 6.04 Å². The molecule has 1 unspecified atom stereocenters. The minimum Gasteiger partial charge on any atom is -0.349 e. The number of carbonyl (C=O) groups excluding carboxylic acids is 2. The van der Waals surface area contributed by atoms with E-state index in [-0.39, 0.29) is 5.78 Å². The van der Waals surface area contributed by atoms with E-state index in [1.165, 1.54) is 0 Å². The number of hydrogen-bond acceptors (Lipinski definition) is 2. The number of benzene rings is 2. The minimum absolute atomic E-state index is 0.0751. The van der Waals surface area contributed by atoms with Crippen molar-refractivity contribution in [2.45, 2.75) is 13.0 Å². The van der Waals surface area contributed by atoms with Crippen molar-refractivity contribution in [1.82, 2.24) is 5.32 Å². The number of rotatable bonds is 4. The summed E-state index contributed by atoms with van der Waals surface area (Å²) in [6.45, 7) is 1.68. The summed E-state index contributed by atoms with van der Waals surface area (Å²) in [4.78, 5) is 22.5. The zero-order chi connectivity index (χ0) is 12.3. The van der Waals surface area contributed by atoms with E-state index in [0.29, 0.717) is 12.0 Å². The summed E-state index contributed by atoms with van der Waals surface area (Å²) in [6.07, 6.45) is 0.549. The molecule has 1 atom stereocenters. The van der Waals surface area contributed by atoms with Crippen LogP contribution in [0, 0.1) is 0 Å². The van der Waals surface area contributed by atoms with Gasteiger partial charge in [0.2, 0.25) is 6.41 Å². The lowest BCUT2D eigenvalue weighted by atomic mass is 9.98. The predicted octanol–water partition coefficient (Wildman–Crippen LogP) is 2.16. The average Bonchev–Trinajstić information content (AvgIpc) is 2.37. The molecular formula is C14H13NO2. The molecule has 0 radical (unpaired) electrons. The maximum absolute atomic E-state index is 12.1. The third-order valence-electron chi connectivity index (χ3n) is 2.77. The van der Waals surface area contributed by atoms with Gasteiger partial charge in [0.25, 0.3) is 0 Å². The molecule has 1 amide bonds. The molecule has 0 saturated carbocycles. The van der Waals surface area contributed by atoms with Crippen LogP contribution in [0.4, 0.5) is 0 Å². The van der Waals surface area contributed by atoms with Crippen LogP contribution in [-0.2, 0) is 4.79 Å². The molecule has 0 fully saturated rings. The molecule has 0 aromatic heterocycles. The van der Waals surface area contributed by atoms with Gasteiger partial charge in [-0.1, -0.05) is 42.5 Å². The highest BCUT2D eigenvalue weighted by Gasteiger charge is 2.16. The zero-order valence-electron chi connectivity index (χ0n) is 9.51. The number of amides is 1. The molecular weight excluding hydrogens is 214 g/mol. The maximum atomic E-state index is 12.1. The Kier molecular flexibility index (Phi) is 3.19. The summed E-state index contributed by atoms with van der Waals surface area (Å²) in [5.74, 6) is -0.0751. The largest absolute Gasteiger partial charge is 0.349 e. The van der Waals surface area contributed by atoms with Crippen LogP contribution in [0.5, 0.6) is 0 Å². The number of fused-ring (bicyclic) bond motifs is 1. The van der Waals surface area contributed by atoms with E-state index in [4.69, 9.17) is 0 Å². The molecule has 0 saturated heterocycles. The fourth-order valence-electron chi connectivity index (χ4n) is 1.85. The van der Waals surface area contributed by atoms with Gasteiger partial charge in [-0.3, -0.25) is 9.59 Å². The van der Waals surface area contributed by atoms with E-state index in [0.717, 1.165) is 10.8 Å². The van der Waals surface area contributed by atoms with Crippen molar-refractivity contribution >= 4 is 23.0 Å². The van der Waals surface area contributed by atoms with E-state index in [1.807, 2.05) is 36.4 Å². The van der Waals surface area contributed by atoms with Crippen LogP contribution in [0.3, 0.4) is 0 Å². The topological polar surface area (TPSA) is 46.2 Å². The second-order valence-electron chi connectivity index (χ2n) is 3.90. The van der Waals surface area contributed by atoms with Gasteiger partial charge in [0, 0.05) is 5.56 Å². The van der Waals surface area contributed by atoms with Crippen molar-refractivity contribution in [3.8, 4) is 0 Å². The Morgan fingerprint density at radius 1 is 1.18 bits per heavy atom. The first-order valence-corrected chi connectivity index (χ1v) is 5.45. The van der Waals surface area contributed by atoms with Gasteiger partial charge in [0.1, 0.15) is 0 Å². The third-order valence-corrected chi connectivity index (χ3v) is 2.77. The molecule has 0 aliphatic heterocycles. The normalized spacial score (nSPS) is 12.1. The number of ketones is 1. The van der Waals surface area contributed by atoms with Gasteiger partial charge >= 0.3 is 0 Å². The lowest BCUT2D eigenvalue weighted by Gasteiger charge is -2.11. The Bertz CT molecular complexity index is 558. The van der Waals surface area contributed by atoms with Crippen molar-refractivity contribution in [3.05, 3.63) is 48.0 Å². The first kappa shape index (κ1) is 11.3. The third kappa shape index (κ3) is 2.18. The number of hydrogen-bond donors (Lipinski definition) is 1. The Balaban J connectivity index is 2.48. The van der Waals surface area contributed by atoms with E-state index in [1.54, 1.807) is 13.0 Å². The average molecular weight is 227 g/mol. The van der Waals surface area contributed by atoms with Crippen LogP contribution in [-0.4, -0.2) is 18.2 Å². The first-order chi connectivity index (χ1) is 8.24. The van der Waals surface area contributed by atoms with Crippen molar-refractivity contribution in [2.75, 3.05) is 0 Å². The summed E-state index contributed by atoms with van der Waals surface area (Å²) >= 11 is 0. The van der Waals surface area contributed by atoms with Crippen molar-refractivity contribution in [1.29, 1.82) is 0 Å². The van der Waals surface area contributed by atoms with Crippen LogP contribution in [0.2, 0.25) is 0 Å². The van der Waals surface area contributed by atoms with E-state index >= 15 is 0 Å². The molecule has 0 bridgehead atoms. The highest BCUT2D eigenvalue weighted by Crippen LogP contribution is 2.19. The quantitative estimate of drug-likeness (QED) is 0.642. The Morgan fingerprint density at radius 3 is 2.65 bits per heavy atom. The summed E-state index contributed by atoms with van der Waals surface area (Å²) in [5, 5.41) is 4.42. The van der Waals surface area contributed by atoms with Crippen molar-refractivity contribution in [3.63, 3.8) is 0 Å². The van der Waals surface area contributed by atoms with E-state index < -0.39 is 6.04 Å². The second-order valence-corrected chi connectivity index (χ2v) is 3.90. The van der Waals surface area contributed by atoms with Crippen LogP contribution in [0.25, 0.3) is 10.8 Å². The molecule has 2 aromatic rings. The first-order valence-electron chi connectivity index (χ1n) is 5.45. The van der Waals surface area contributed by atoms with Crippen LogP contribution >= 0.6 is 0 Å². The molecule has 0 aliphatic carbocycles. The van der Waals surface area contributed by atoms with Gasteiger partial charge in [0.15, 0.2) is 5.78 Å². The van der Waals surface area contributed by atoms with Gasteiger partial charge in [-0.05, 0) is 17.7 Å². The SMILES string of the molecule is CC(NC=O)C(=O)c1cccc2ccccc12. The Morgan fingerprint density at radius 2 is 1.88 bits per heavy atom. The van der Waals surface area contributed by atoms with Gasteiger partial charge in [-0.25, -0.2) is 0 Å². The molecule has 0 aliphatic rings. The van der Waals surface area contributed by atoms with Crippen molar-refractivity contribution < 1.29 is 9.59 Å². The van der Waals surface area contributed by atoms with Gasteiger partial charge < -0.3 is 5.32 Å². The number of nitrogens with one attached hydrogen (secondary N) is 1. The highest BCUT2D eigenvalue weighted by atomic mass is 16.1. The summed E-state index contributed by atoms with van der Waals surface area (Å²) in [7, 11) is 0. The minimum atomic E-state index is -0.502. The van der Waals surface area contributed by atoms with Crippen LogP contribution in [0.15, 0.2) is 42.5 Å². The van der Waals surface area contributed by atoms with Gasteiger partial charge in [-0.2, -0.15) is 0 Å². The van der Waals surface area contributed by atoms with Gasteiger partial charge in [-0.15, -0.1) is 0 Å². The highest BCUT2D eigenvalue weighted by molar-refractivity contribution is 6.10. The second kappa shape index (κ2) is 4.78. The van der Waals surface area contributed by atoms with Crippen molar-refractivity contribution in [2.24, 2.45) is 0 Å². The molecule has 17 heavy (non-hydrogen) atoms. The molecule has 3 heteroatoms. The monoisotopic (exact) mass is 227 g/mol. The summed E-state index contributed by atoms with van der Waals surface area (Å²) in [5.41, 5.74) is 0.643. The van der Waals surface area contributed by atoms with E-state index in [2.05, 4.69) is 5.32 Å². The Hall–Kier alpha value is -2.16. The number of carbonyl (C=O) groups is 2. The van der Waals surface area contributed by atoms with Crippen LogP contribution in [0.1, 0.15) is 17.3 Å². The summed E-state index contributed by atoms with van der Waals surface area (Å²) in [6, 6.07) is 12.8. The maximum Gasteiger partial charge on any atom is 0.207 e. The van der Waals surface area contributed by atoms with Crippen LogP contribution < -0.4 is 5.32 Å². The molecule has 2 rings (SSSR count). The lowest BCUT2D eigenvalue weighted by molar-refractivity contribution is -0.109. The standard InChI is InChI=1S/C14H13NO2/c1-10(15-9-16)14(17)13-8-4-6-11-5-2-3-7-12(11)13/h2-10H,1H3,(H,15,16). The molecule has 0 spiro atoms. The molecule has 3 nitrogen and oxygen atoms in total. The lowest BCUT2D eigenvalue weighted by Crippen LogP contribution is -2.32. The molecule has 1 N–H and O–H groups in total. The smallest absolute Gasteiger partial charge is 0.207 e. The predicted molar refractivity (Wildman–Crippen MR) is 66.9 cm³/mol. The summed E-state index contributed by atoms with van der Waals surface area (Å²) < 4.78 is 0. The van der Waals surface area contributed by atoms with E-state index in [9.17, 15) is 9.59 Å². The molecule has 2 aromatic carbocycles. The molecule has 0 heterocycles. The number of Topliss-reactive ketones (excluding diaryl/α,β-unsaturated/α-hetero) is 1.